The lowest BCUT2D eigenvalue weighted by Crippen LogP contribution is -2.39. The summed E-state index contributed by atoms with van der Waals surface area (Å²) < 4.78 is 1.62. The van der Waals surface area contributed by atoms with Gasteiger partial charge in [0.1, 0.15) is 6.33 Å². The molecule has 4 rings (SSSR count). The first-order valence-corrected chi connectivity index (χ1v) is 9.21. The van der Waals surface area contributed by atoms with E-state index in [1.54, 1.807) is 17.0 Å². The second kappa shape index (κ2) is 7.34. The third-order valence-corrected chi connectivity index (χ3v) is 5.30. The minimum absolute atomic E-state index is 0.171. The van der Waals surface area contributed by atoms with Gasteiger partial charge >= 0.3 is 0 Å². The zero-order valence-electron chi connectivity index (χ0n) is 15.5. The van der Waals surface area contributed by atoms with Crippen molar-refractivity contribution in [1.82, 2.24) is 39.9 Å². The van der Waals surface area contributed by atoms with Crippen molar-refractivity contribution in [2.24, 2.45) is 0 Å². The number of tetrazole rings is 1. The molecule has 1 unspecified atom stereocenters. The van der Waals surface area contributed by atoms with E-state index < -0.39 is 0 Å². The summed E-state index contributed by atoms with van der Waals surface area (Å²) in [5.74, 6) is 0.946. The fourth-order valence-corrected chi connectivity index (χ4v) is 3.82. The number of likely N-dealkylation sites (tertiary alicyclic amines) is 1. The number of piperidine rings is 1. The Balaban J connectivity index is 1.44. The van der Waals surface area contributed by atoms with Gasteiger partial charge in [-0.15, -0.1) is 0 Å². The smallest absolute Gasteiger partial charge is 0.273 e. The van der Waals surface area contributed by atoms with Gasteiger partial charge in [-0.05, 0) is 55.2 Å². The molecule has 0 saturated carbocycles. The predicted octanol–water partition coefficient (Wildman–Crippen LogP) is 1.26. The quantitative estimate of drug-likeness (QED) is 0.685. The van der Waals surface area contributed by atoms with Gasteiger partial charge < -0.3 is 4.90 Å². The highest BCUT2D eigenvalue weighted by Crippen LogP contribution is 2.26. The molecule has 4 heterocycles. The highest BCUT2D eigenvalue weighted by Gasteiger charge is 2.25. The largest absolute Gasteiger partial charge is 0.342 e. The van der Waals surface area contributed by atoms with E-state index in [1.165, 1.54) is 0 Å². The lowest BCUT2D eigenvalue weighted by molar-refractivity contribution is -0.132. The molecule has 0 aromatic carbocycles. The van der Waals surface area contributed by atoms with Crippen LogP contribution in [0.2, 0.25) is 0 Å². The van der Waals surface area contributed by atoms with Crippen LogP contribution in [0.5, 0.6) is 0 Å². The monoisotopic (exact) mass is 366 g/mol. The Morgan fingerprint density at radius 1 is 1.33 bits per heavy atom. The number of carbonyl (C=O) groups excluding carboxylic acids is 1. The highest BCUT2D eigenvalue weighted by molar-refractivity contribution is 5.76. The van der Waals surface area contributed by atoms with Gasteiger partial charge in [0.05, 0.1) is 0 Å². The van der Waals surface area contributed by atoms with Crippen LogP contribution in [0.1, 0.15) is 47.8 Å². The zero-order chi connectivity index (χ0) is 18.8. The number of amides is 1. The van der Waals surface area contributed by atoms with Crippen molar-refractivity contribution < 1.29 is 4.79 Å². The molecule has 9 nitrogen and oxygen atoms in total. The Bertz CT molecular complexity index is 955. The number of fused-ring (bicyclic) bond motifs is 1. The Morgan fingerprint density at radius 3 is 3.04 bits per heavy atom. The van der Waals surface area contributed by atoms with Crippen LogP contribution in [0.25, 0.3) is 5.78 Å². The molecule has 1 aliphatic rings. The Labute approximate surface area is 156 Å². The molecule has 1 fully saturated rings. The van der Waals surface area contributed by atoms with Crippen LogP contribution in [0.3, 0.4) is 0 Å². The Kier molecular flexibility index (Phi) is 4.74. The van der Waals surface area contributed by atoms with E-state index >= 15 is 0 Å². The Hall–Kier alpha value is -2.97. The fraction of sp³-hybridized carbons (Fsp3) is 0.500. The lowest BCUT2D eigenvalue weighted by Gasteiger charge is -2.32. The second-order valence-corrected chi connectivity index (χ2v) is 6.97. The summed E-state index contributed by atoms with van der Waals surface area (Å²) in [5, 5.41) is 11.5. The molecular formula is C18H22N8O. The number of rotatable bonds is 4. The molecular weight excluding hydrogens is 344 g/mol. The molecule has 1 saturated heterocycles. The van der Waals surface area contributed by atoms with Gasteiger partial charge in [0.25, 0.3) is 5.78 Å². The molecule has 1 atom stereocenters. The van der Waals surface area contributed by atoms with Crippen LogP contribution in [0, 0.1) is 13.8 Å². The molecule has 1 aliphatic heterocycles. The topological polar surface area (TPSA) is 102 Å². The zero-order valence-corrected chi connectivity index (χ0v) is 15.5. The first kappa shape index (κ1) is 17.4. The molecule has 1 amide bonds. The third kappa shape index (κ3) is 3.49. The van der Waals surface area contributed by atoms with Crippen LogP contribution in [0.15, 0.2) is 18.6 Å². The molecule has 3 aromatic rings. The number of aryl methyl sites for hydroxylation is 2. The van der Waals surface area contributed by atoms with E-state index in [0.29, 0.717) is 18.6 Å². The van der Waals surface area contributed by atoms with Gasteiger partial charge in [0, 0.05) is 48.7 Å². The fourth-order valence-electron chi connectivity index (χ4n) is 3.82. The number of hydrogen-bond acceptors (Lipinski definition) is 7. The first-order valence-electron chi connectivity index (χ1n) is 9.21. The summed E-state index contributed by atoms with van der Waals surface area (Å²) in [7, 11) is 0. The summed E-state index contributed by atoms with van der Waals surface area (Å²) in [5.41, 5.74) is 3.86. The van der Waals surface area contributed by atoms with Crippen molar-refractivity contribution in [3.05, 3.63) is 41.2 Å². The van der Waals surface area contributed by atoms with Crippen molar-refractivity contribution in [2.75, 3.05) is 13.1 Å². The van der Waals surface area contributed by atoms with E-state index in [1.807, 2.05) is 24.8 Å². The number of aromatic nitrogens is 7. The summed E-state index contributed by atoms with van der Waals surface area (Å²) in [6.45, 7) is 5.43. The molecule has 0 aliphatic carbocycles. The standard InChI is InChI=1S/C18H22N8O/c1-12-15(13(2)26-18(21-12)22-23-24-26)5-6-17(27)25-9-3-4-14(10-25)16-7-8-19-11-20-16/h7-8,11,14H,3-6,9-10H2,1-2H3. The van der Waals surface area contributed by atoms with Gasteiger partial charge in [-0.2, -0.15) is 4.52 Å². The number of hydrogen-bond donors (Lipinski definition) is 0. The first-order chi connectivity index (χ1) is 13.1. The van der Waals surface area contributed by atoms with Crippen molar-refractivity contribution in [1.29, 1.82) is 0 Å². The van der Waals surface area contributed by atoms with Gasteiger partial charge in [-0.3, -0.25) is 4.79 Å². The third-order valence-electron chi connectivity index (χ3n) is 5.30. The number of nitrogens with zero attached hydrogens (tertiary/aromatic N) is 8. The summed E-state index contributed by atoms with van der Waals surface area (Å²) in [6, 6.07) is 1.94. The van der Waals surface area contributed by atoms with Crippen molar-refractivity contribution in [2.45, 2.75) is 45.4 Å². The molecule has 0 spiro atoms. The van der Waals surface area contributed by atoms with Crippen LogP contribution in [0.4, 0.5) is 0 Å². The number of carbonyl (C=O) groups is 1. The molecule has 9 heteroatoms. The molecule has 27 heavy (non-hydrogen) atoms. The molecule has 0 bridgehead atoms. The maximum atomic E-state index is 12.8. The molecule has 0 radical (unpaired) electrons. The van der Waals surface area contributed by atoms with Crippen molar-refractivity contribution in [3.8, 4) is 0 Å². The lowest BCUT2D eigenvalue weighted by atomic mass is 9.94. The minimum atomic E-state index is 0.171. The Morgan fingerprint density at radius 2 is 2.22 bits per heavy atom. The van der Waals surface area contributed by atoms with Crippen LogP contribution >= 0.6 is 0 Å². The van der Waals surface area contributed by atoms with Gasteiger partial charge in [-0.1, -0.05) is 5.10 Å². The van der Waals surface area contributed by atoms with Gasteiger partial charge in [0.2, 0.25) is 5.91 Å². The van der Waals surface area contributed by atoms with Crippen LogP contribution < -0.4 is 0 Å². The molecule has 0 N–H and O–H groups in total. The normalized spacial score (nSPS) is 17.4. The van der Waals surface area contributed by atoms with Gasteiger partial charge in [0.15, 0.2) is 0 Å². The van der Waals surface area contributed by atoms with E-state index in [4.69, 9.17) is 0 Å². The summed E-state index contributed by atoms with van der Waals surface area (Å²) in [6.07, 6.45) is 6.47. The van der Waals surface area contributed by atoms with Crippen LogP contribution in [-0.2, 0) is 11.2 Å². The SMILES string of the molecule is Cc1nc2nnnn2c(C)c1CCC(=O)N1CCCC(c2ccncn2)C1. The maximum Gasteiger partial charge on any atom is 0.273 e. The van der Waals surface area contributed by atoms with E-state index in [2.05, 4.69) is 30.5 Å². The molecule has 3 aromatic heterocycles. The maximum absolute atomic E-state index is 12.8. The predicted molar refractivity (Wildman–Crippen MR) is 97.0 cm³/mol. The summed E-state index contributed by atoms with van der Waals surface area (Å²) in [4.78, 5) is 27.5. The van der Waals surface area contributed by atoms with E-state index in [-0.39, 0.29) is 11.8 Å². The van der Waals surface area contributed by atoms with Crippen molar-refractivity contribution in [3.63, 3.8) is 0 Å². The van der Waals surface area contributed by atoms with Crippen molar-refractivity contribution >= 4 is 11.7 Å². The second-order valence-electron chi connectivity index (χ2n) is 6.97. The highest BCUT2D eigenvalue weighted by atomic mass is 16.2. The van der Waals surface area contributed by atoms with E-state index in [0.717, 1.165) is 48.6 Å². The molecule has 140 valence electrons. The average molecular weight is 366 g/mol. The summed E-state index contributed by atoms with van der Waals surface area (Å²) >= 11 is 0. The van der Waals surface area contributed by atoms with E-state index in [9.17, 15) is 4.79 Å². The van der Waals surface area contributed by atoms with Gasteiger partial charge in [-0.25, -0.2) is 15.0 Å². The minimum Gasteiger partial charge on any atom is -0.342 e. The average Bonchev–Trinajstić information content (AvgIpc) is 3.17. The van der Waals surface area contributed by atoms with Crippen LogP contribution in [-0.4, -0.2) is 58.9 Å².